The predicted molar refractivity (Wildman–Crippen MR) is 64.1 cm³/mol. The molecule has 1 aromatic heterocycles. The lowest BCUT2D eigenvalue weighted by Crippen LogP contribution is -1.84. The molecule has 1 aromatic carbocycles. The molecule has 2 nitrogen and oxygen atoms in total. The van der Waals surface area contributed by atoms with Gasteiger partial charge in [-0.05, 0) is 18.2 Å². The lowest BCUT2D eigenvalue weighted by atomic mass is 10.2. The SMILES string of the molecule is COc1ccc(-c2nc(Cl)cs2)cc1Cl. The number of methoxy groups -OCH3 is 1. The van der Waals surface area contributed by atoms with Crippen molar-refractivity contribution in [2.24, 2.45) is 0 Å². The Hall–Kier alpha value is -0.770. The van der Waals surface area contributed by atoms with Crippen LogP contribution in [0.25, 0.3) is 10.6 Å². The Morgan fingerprint density at radius 2 is 2.13 bits per heavy atom. The molecule has 0 atom stereocenters. The molecule has 5 heteroatoms. The van der Waals surface area contributed by atoms with E-state index in [0.717, 1.165) is 10.6 Å². The molecule has 0 spiro atoms. The average Bonchev–Trinajstić information content (AvgIpc) is 2.65. The van der Waals surface area contributed by atoms with Gasteiger partial charge in [-0.1, -0.05) is 23.2 Å². The van der Waals surface area contributed by atoms with Crippen molar-refractivity contribution in [3.8, 4) is 16.3 Å². The molecule has 15 heavy (non-hydrogen) atoms. The molecule has 0 aliphatic rings. The van der Waals surface area contributed by atoms with Crippen LogP contribution in [0, 0.1) is 0 Å². The third-order valence-corrected chi connectivity index (χ3v) is 3.38. The van der Waals surface area contributed by atoms with E-state index in [0.29, 0.717) is 15.9 Å². The summed E-state index contributed by atoms with van der Waals surface area (Å²) in [6.45, 7) is 0. The first kappa shape index (κ1) is 10.7. The van der Waals surface area contributed by atoms with Crippen LogP contribution in [-0.2, 0) is 0 Å². The summed E-state index contributed by atoms with van der Waals surface area (Å²) in [5.41, 5.74) is 0.942. The second-order valence-corrected chi connectivity index (χ2v) is 4.48. The number of nitrogens with zero attached hydrogens (tertiary/aromatic N) is 1. The lowest BCUT2D eigenvalue weighted by molar-refractivity contribution is 0.415. The molecule has 0 fully saturated rings. The van der Waals surface area contributed by atoms with Crippen molar-refractivity contribution in [2.45, 2.75) is 0 Å². The normalized spacial score (nSPS) is 10.3. The largest absolute Gasteiger partial charge is 0.495 e. The second-order valence-electron chi connectivity index (χ2n) is 2.82. The first-order valence-electron chi connectivity index (χ1n) is 4.15. The fourth-order valence-corrected chi connectivity index (χ4v) is 2.39. The molecule has 0 amide bonds. The van der Waals surface area contributed by atoms with E-state index >= 15 is 0 Å². The van der Waals surface area contributed by atoms with Crippen LogP contribution in [0.15, 0.2) is 23.6 Å². The smallest absolute Gasteiger partial charge is 0.140 e. The first-order chi connectivity index (χ1) is 7.20. The van der Waals surface area contributed by atoms with Gasteiger partial charge in [0.1, 0.15) is 15.9 Å². The van der Waals surface area contributed by atoms with Gasteiger partial charge < -0.3 is 4.74 Å². The van der Waals surface area contributed by atoms with Crippen LogP contribution in [0.1, 0.15) is 0 Å². The van der Waals surface area contributed by atoms with E-state index in [9.17, 15) is 0 Å². The van der Waals surface area contributed by atoms with E-state index in [1.54, 1.807) is 12.5 Å². The number of hydrogen-bond donors (Lipinski definition) is 0. The molecular weight excluding hydrogens is 253 g/mol. The topological polar surface area (TPSA) is 22.1 Å². The summed E-state index contributed by atoms with van der Waals surface area (Å²) in [6, 6.07) is 5.53. The Bertz CT molecular complexity index is 484. The van der Waals surface area contributed by atoms with Crippen LogP contribution >= 0.6 is 34.5 Å². The van der Waals surface area contributed by atoms with E-state index in [2.05, 4.69) is 4.98 Å². The number of aromatic nitrogens is 1. The number of ether oxygens (including phenoxy) is 1. The molecule has 0 aliphatic carbocycles. The minimum atomic E-state index is 0.502. The fraction of sp³-hybridized carbons (Fsp3) is 0.100. The maximum atomic E-state index is 6.01. The lowest BCUT2D eigenvalue weighted by Gasteiger charge is -2.03. The highest BCUT2D eigenvalue weighted by molar-refractivity contribution is 7.13. The zero-order valence-corrected chi connectivity index (χ0v) is 10.2. The van der Waals surface area contributed by atoms with Crippen molar-refractivity contribution in [3.05, 3.63) is 33.8 Å². The summed E-state index contributed by atoms with van der Waals surface area (Å²) < 4.78 is 5.07. The summed E-state index contributed by atoms with van der Waals surface area (Å²) in [7, 11) is 1.58. The number of thiazole rings is 1. The number of rotatable bonds is 2. The summed E-state index contributed by atoms with van der Waals surface area (Å²) in [5.74, 6) is 0.656. The fourth-order valence-electron chi connectivity index (χ4n) is 1.19. The van der Waals surface area contributed by atoms with Crippen LogP contribution in [0.4, 0.5) is 0 Å². The van der Waals surface area contributed by atoms with Gasteiger partial charge in [-0.25, -0.2) is 4.98 Å². The van der Waals surface area contributed by atoms with Crippen molar-refractivity contribution < 1.29 is 4.74 Å². The van der Waals surface area contributed by atoms with Crippen LogP contribution in [-0.4, -0.2) is 12.1 Å². The summed E-state index contributed by atoms with van der Waals surface area (Å²) >= 11 is 13.2. The highest BCUT2D eigenvalue weighted by Crippen LogP contribution is 2.32. The van der Waals surface area contributed by atoms with E-state index in [1.165, 1.54) is 11.3 Å². The molecule has 0 N–H and O–H groups in total. The van der Waals surface area contributed by atoms with Gasteiger partial charge in [0.05, 0.1) is 12.1 Å². The van der Waals surface area contributed by atoms with Gasteiger partial charge in [0.2, 0.25) is 0 Å². The van der Waals surface area contributed by atoms with Crippen LogP contribution in [0.2, 0.25) is 10.2 Å². The van der Waals surface area contributed by atoms with Gasteiger partial charge in [0.15, 0.2) is 0 Å². The quantitative estimate of drug-likeness (QED) is 0.810. The molecule has 0 bridgehead atoms. The zero-order valence-electron chi connectivity index (χ0n) is 7.83. The number of benzene rings is 1. The predicted octanol–water partition coefficient (Wildman–Crippen LogP) is 4.13. The van der Waals surface area contributed by atoms with Crippen molar-refractivity contribution in [1.82, 2.24) is 4.98 Å². The minimum Gasteiger partial charge on any atom is -0.495 e. The van der Waals surface area contributed by atoms with E-state index in [4.69, 9.17) is 27.9 Å². The van der Waals surface area contributed by atoms with Crippen LogP contribution in [0.5, 0.6) is 5.75 Å². The molecule has 0 saturated heterocycles. The molecule has 78 valence electrons. The van der Waals surface area contributed by atoms with E-state index in [1.807, 2.05) is 18.2 Å². The molecule has 2 rings (SSSR count). The average molecular weight is 260 g/mol. The standard InChI is InChI=1S/C10H7Cl2NOS/c1-14-8-3-2-6(4-7(8)11)10-13-9(12)5-15-10/h2-5H,1H3. The maximum absolute atomic E-state index is 6.01. The van der Waals surface area contributed by atoms with Gasteiger partial charge in [0.25, 0.3) is 0 Å². The van der Waals surface area contributed by atoms with Crippen molar-refractivity contribution in [1.29, 1.82) is 0 Å². The molecule has 2 aromatic rings. The zero-order chi connectivity index (χ0) is 10.8. The number of hydrogen-bond acceptors (Lipinski definition) is 3. The van der Waals surface area contributed by atoms with Gasteiger partial charge in [-0.2, -0.15) is 0 Å². The second kappa shape index (κ2) is 4.39. The van der Waals surface area contributed by atoms with E-state index in [-0.39, 0.29) is 0 Å². The summed E-state index contributed by atoms with van der Waals surface area (Å²) in [6.07, 6.45) is 0. The molecule has 0 aliphatic heterocycles. The van der Waals surface area contributed by atoms with E-state index < -0.39 is 0 Å². The van der Waals surface area contributed by atoms with Gasteiger partial charge in [-0.3, -0.25) is 0 Å². The van der Waals surface area contributed by atoms with Crippen LogP contribution < -0.4 is 4.74 Å². The molecule has 1 heterocycles. The maximum Gasteiger partial charge on any atom is 0.140 e. The Morgan fingerprint density at radius 1 is 1.33 bits per heavy atom. The molecule has 0 saturated carbocycles. The molecule has 0 unspecified atom stereocenters. The van der Waals surface area contributed by atoms with Crippen LogP contribution in [0.3, 0.4) is 0 Å². The molecule has 0 radical (unpaired) electrons. The number of halogens is 2. The Balaban J connectivity index is 2.42. The summed E-state index contributed by atoms with van der Waals surface area (Å²) in [5, 5.41) is 3.71. The van der Waals surface area contributed by atoms with Crippen molar-refractivity contribution in [3.63, 3.8) is 0 Å². The Kier molecular flexibility index (Phi) is 3.14. The minimum absolute atomic E-state index is 0.502. The van der Waals surface area contributed by atoms with Gasteiger partial charge >= 0.3 is 0 Å². The monoisotopic (exact) mass is 259 g/mol. The first-order valence-corrected chi connectivity index (χ1v) is 5.79. The Labute approximate surface area is 101 Å². The van der Waals surface area contributed by atoms with Crippen molar-refractivity contribution >= 4 is 34.5 Å². The van der Waals surface area contributed by atoms with Gasteiger partial charge in [0, 0.05) is 10.9 Å². The van der Waals surface area contributed by atoms with Crippen molar-refractivity contribution in [2.75, 3.05) is 7.11 Å². The highest BCUT2D eigenvalue weighted by Gasteiger charge is 2.06. The summed E-state index contributed by atoms with van der Waals surface area (Å²) in [4.78, 5) is 4.16. The highest BCUT2D eigenvalue weighted by atomic mass is 35.5. The molecular formula is C10H7Cl2NOS. The Morgan fingerprint density at radius 3 is 2.67 bits per heavy atom. The third-order valence-electron chi connectivity index (χ3n) is 1.87. The van der Waals surface area contributed by atoms with Gasteiger partial charge in [-0.15, -0.1) is 11.3 Å². The third kappa shape index (κ3) is 2.25.